The van der Waals surface area contributed by atoms with Crippen molar-refractivity contribution in [3.05, 3.63) is 60.0 Å². The average Bonchev–Trinajstić information content (AvgIpc) is 3.18. The van der Waals surface area contributed by atoms with Crippen LogP contribution in [-0.2, 0) is 6.54 Å². The van der Waals surface area contributed by atoms with E-state index in [0.29, 0.717) is 36.0 Å². The van der Waals surface area contributed by atoms with E-state index in [9.17, 15) is 4.79 Å². The van der Waals surface area contributed by atoms with Gasteiger partial charge in [0.2, 0.25) is 0 Å². The number of H-pyrrole nitrogens is 1. The number of nitrogens with one attached hydrogen (secondary N) is 2. The van der Waals surface area contributed by atoms with Crippen LogP contribution in [0.3, 0.4) is 0 Å². The van der Waals surface area contributed by atoms with Gasteiger partial charge < -0.3 is 14.8 Å². The maximum absolute atomic E-state index is 12.3. The second kappa shape index (κ2) is 8.15. The number of hydrogen-bond acceptors (Lipinski definition) is 5. The van der Waals surface area contributed by atoms with Crippen LogP contribution in [0.5, 0.6) is 11.5 Å². The Balaban J connectivity index is 1.65. The molecule has 1 amide bonds. The third kappa shape index (κ3) is 4.00. The Bertz CT molecular complexity index is 878. The van der Waals surface area contributed by atoms with E-state index in [2.05, 4.69) is 20.5 Å². The van der Waals surface area contributed by atoms with E-state index < -0.39 is 0 Å². The first kappa shape index (κ1) is 17.5. The highest BCUT2D eigenvalue weighted by atomic mass is 16.5. The molecule has 0 aliphatic rings. The van der Waals surface area contributed by atoms with Crippen molar-refractivity contribution in [2.75, 3.05) is 13.7 Å². The van der Waals surface area contributed by atoms with Crippen molar-refractivity contribution in [1.29, 1.82) is 0 Å². The lowest BCUT2D eigenvalue weighted by molar-refractivity contribution is 0.0946. The lowest BCUT2D eigenvalue weighted by Crippen LogP contribution is -2.23. The molecule has 0 saturated carbocycles. The van der Waals surface area contributed by atoms with E-state index in [-0.39, 0.29) is 5.91 Å². The van der Waals surface area contributed by atoms with Gasteiger partial charge in [0.1, 0.15) is 5.69 Å². The van der Waals surface area contributed by atoms with Gasteiger partial charge in [0.15, 0.2) is 11.5 Å². The van der Waals surface area contributed by atoms with E-state index in [1.807, 2.05) is 37.3 Å². The molecule has 2 aromatic heterocycles. The molecular formula is C19H20N4O3. The predicted octanol–water partition coefficient (Wildman–Crippen LogP) is 2.81. The number of aromatic nitrogens is 3. The average molecular weight is 352 g/mol. The number of carbonyl (C=O) groups excluding carboxylic acids is 1. The summed E-state index contributed by atoms with van der Waals surface area (Å²) >= 11 is 0. The Morgan fingerprint density at radius 1 is 1.23 bits per heavy atom. The Kier molecular flexibility index (Phi) is 5.48. The summed E-state index contributed by atoms with van der Waals surface area (Å²) in [7, 11) is 1.59. The predicted molar refractivity (Wildman–Crippen MR) is 97.2 cm³/mol. The van der Waals surface area contributed by atoms with Crippen LogP contribution in [-0.4, -0.2) is 34.8 Å². The fraction of sp³-hybridized carbons (Fsp3) is 0.211. The third-order valence-electron chi connectivity index (χ3n) is 3.76. The minimum Gasteiger partial charge on any atom is -0.493 e. The van der Waals surface area contributed by atoms with E-state index >= 15 is 0 Å². The molecule has 0 aliphatic heterocycles. The number of nitrogens with zero attached hydrogens (tertiary/aromatic N) is 2. The Morgan fingerprint density at radius 2 is 2.12 bits per heavy atom. The molecule has 0 saturated heterocycles. The van der Waals surface area contributed by atoms with Crippen LogP contribution in [0.2, 0.25) is 0 Å². The Hall–Kier alpha value is -3.35. The quantitative estimate of drug-likeness (QED) is 0.682. The van der Waals surface area contributed by atoms with Gasteiger partial charge in [-0.3, -0.25) is 14.9 Å². The number of benzene rings is 1. The standard InChI is InChI=1S/C19H20N4O3/c1-3-26-17-7-6-13(9-18(17)25-2)11-21-19(24)16-10-15(22-23-16)14-5-4-8-20-12-14/h4-10,12H,3,11H2,1-2H3,(H,21,24)(H,22,23). The fourth-order valence-electron chi connectivity index (χ4n) is 2.47. The van der Waals surface area contributed by atoms with E-state index in [1.165, 1.54) is 0 Å². The van der Waals surface area contributed by atoms with E-state index in [4.69, 9.17) is 9.47 Å². The minimum atomic E-state index is -0.236. The smallest absolute Gasteiger partial charge is 0.269 e. The van der Waals surface area contributed by atoms with Gasteiger partial charge in [-0.1, -0.05) is 6.07 Å². The first-order valence-electron chi connectivity index (χ1n) is 8.25. The summed E-state index contributed by atoms with van der Waals surface area (Å²) in [6, 6.07) is 11.0. The number of carbonyl (C=O) groups is 1. The van der Waals surface area contributed by atoms with Crippen molar-refractivity contribution in [1.82, 2.24) is 20.5 Å². The summed E-state index contributed by atoms with van der Waals surface area (Å²) in [5.41, 5.74) is 2.82. The number of hydrogen-bond donors (Lipinski definition) is 2. The van der Waals surface area contributed by atoms with Crippen molar-refractivity contribution < 1.29 is 14.3 Å². The highest BCUT2D eigenvalue weighted by Crippen LogP contribution is 2.28. The molecule has 3 rings (SSSR count). The highest BCUT2D eigenvalue weighted by molar-refractivity contribution is 5.93. The summed E-state index contributed by atoms with van der Waals surface area (Å²) in [6.07, 6.45) is 3.39. The molecule has 7 heteroatoms. The second-order valence-corrected chi connectivity index (χ2v) is 5.51. The normalized spacial score (nSPS) is 10.4. The highest BCUT2D eigenvalue weighted by Gasteiger charge is 2.12. The lowest BCUT2D eigenvalue weighted by atomic mass is 10.2. The van der Waals surface area contributed by atoms with Crippen molar-refractivity contribution in [3.8, 4) is 22.8 Å². The molecule has 0 spiro atoms. The molecule has 0 fully saturated rings. The number of rotatable bonds is 7. The fourth-order valence-corrected chi connectivity index (χ4v) is 2.47. The van der Waals surface area contributed by atoms with Gasteiger partial charge >= 0.3 is 0 Å². The molecule has 0 aliphatic carbocycles. The first-order chi connectivity index (χ1) is 12.7. The Morgan fingerprint density at radius 3 is 2.85 bits per heavy atom. The van der Waals surface area contributed by atoms with Crippen molar-refractivity contribution in [2.24, 2.45) is 0 Å². The third-order valence-corrected chi connectivity index (χ3v) is 3.76. The SMILES string of the molecule is CCOc1ccc(CNC(=O)c2cc(-c3cccnc3)n[nH]2)cc1OC. The maximum Gasteiger partial charge on any atom is 0.269 e. The maximum atomic E-state index is 12.3. The topological polar surface area (TPSA) is 89.1 Å². The molecule has 0 atom stereocenters. The zero-order chi connectivity index (χ0) is 18.4. The molecule has 26 heavy (non-hydrogen) atoms. The van der Waals surface area contributed by atoms with Gasteiger partial charge in [-0.15, -0.1) is 0 Å². The summed E-state index contributed by atoms with van der Waals surface area (Å²) in [6.45, 7) is 2.84. The van der Waals surface area contributed by atoms with Gasteiger partial charge in [0.05, 0.1) is 19.4 Å². The summed E-state index contributed by atoms with van der Waals surface area (Å²) < 4.78 is 10.8. The largest absolute Gasteiger partial charge is 0.493 e. The molecule has 0 bridgehead atoms. The van der Waals surface area contributed by atoms with Crippen molar-refractivity contribution in [2.45, 2.75) is 13.5 Å². The van der Waals surface area contributed by atoms with Crippen LogP contribution in [0.25, 0.3) is 11.3 Å². The zero-order valence-electron chi connectivity index (χ0n) is 14.7. The minimum absolute atomic E-state index is 0.236. The van der Waals surface area contributed by atoms with Crippen molar-refractivity contribution >= 4 is 5.91 Å². The van der Waals surface area contributed by atoms with Gasteiger partial charge in [-0.25, -0.2) is 0 Å². The second-order valence-electron chi connectivity index (χ2n) is 5.51. The van der Waals surface area contributed by atoms with Crippen LogP contribution >= 0.6 is 0 Å². The number of aromatic amines is 1. The van der Waals surface area contributed by atoms with E-state index in [0.717, 1.165) is 11.1 Å². The molecule has 3 aromatic rings. The summed E-state index contributed by atoms with van der Waals surface area (Å²) in [4.78, 5) is 16.4. The molecule has 7 nitrogen and oxygen atoms in total. The van der Waals surface area contributed by atoms with Crippen LogP contribution < -0.4 is 14.8 Å². The molecule has 0 unspecified atom stereocenters. The molecule has 2 heterocycles. The molecule has 0 radical (unpaired) electrons. The van der Waals surface area contributed by atoms with Gasteiger partial charge in [-0.05, 0) is 42.8 Å². The zero-order valence-corrected chi connectivity index (χ0v) is 14.7. The molecule has 2 N–H and O–H groups in total. The van der Waals surface area contributed by atoms with Crippen molar-refractivity contribution in [3.63, 3.8) is 0 Å². The number of ether oxygens (including phenoxy) is 2. The van der Waals surface area contributed by atoms with Gasteiger partial charge in [-0.2, -0.15) is 5.10 Å². The lowest BCUT2D eigenvalue weighted by Gasteiger charge is -2.11. The number of amides is 1. The summed E-state index contributed by atoms with van der Waals surface area (Å²) in [5.74, 6) is 1.08. The van der Waals surface area contributed by atoms with Crippen LogP contribution in [0.15, 0.2) is 48.8 Å². The van der Waals surface area contributed by atoms with E-state index in [1.54, 1.807) is 25.6 Å². The van der Waals surface area contributed by atoms with Crippen LogP contribution in [0.1, 0.15) is 23.0 Å². The monoisotopic (exact) mass is 352 g/mol. The van der Waals surface area contributed by atoms with Crippen LogP contribution in [0, 0.1) is 0 Å². The summed E-state index contributed by atoms with van der Waals surface area (Å²) in [5, 5.41) is 9.77. The number of pyridine rings is 1. The number of methoxy groups -OCH3 is 1. The first-order valence-corrected chi connectivity index (χ1v) is 8.25. The molecular weight excluding hydrogens is 332 g/mol. The van der Waals surface area contributed by atoms with Gasteiger partial charge in [0.25, 0.3) is 5.91 Å². The molecule has 134 valence electrons. The molecule has 1 aromatic carbocycles. The van der Waals surface area contributed by atoms with Gasteiger partial charge in [0, 0.05) is 24.5 Å². The Labute approximate surface area is 151 Å². The van der Waals surface area contributed by atoms with Crippen LogP contribution in [0.4, 0.5) is 0 Å².